The van der Waals surface area contributed by atoms with E-state index in [1.165, 1.54) is 0 Å². The first-order valence-corrected chi connectivity index (χ1v) is 4.97. The fourth-order valence-electron chi connectivity index (χ4n) is 1.10. The van der Waals surface area contributed by atoms with E-state index in [-0.39, 0.29) is 6.61 Å². The van der Waals surface area contributed by atoms with Crippen LogP contribution in [0.2, 0.25) is 0 Å². The van der Waals surface area contributed by atoms with E-state index in [0.29, 0.717) is 13.2 Å². The zero-order valence-electron chi connectivity index (χ0n) is 9.19. The molecule has 0 atom stereocenters. The molecule has 0 aliphatic heterocycles. The highest BCUT2D eigenvalue weighted by atomic mass is 16.5. The predicted octanol–water partition coefficient (Wildman–Crippen LogP) is 0.0371. The second-order valence-corrected chi connectivity index (χ2v) is 3.10. The molecular formula is C10H16N4O2. The third kappa shape index (κ3) is 4.61. The number of primary amides is 1. The van der Waals surface area contributed by atoms with Crippen LogP contribution in [0.5, 0.6) is 0 Å². The van der Waals surface area contributed by atoms with Crippen molar-refractivity contribution in [3.05, 3.63) is 18.2 Å². The number of nitrogens with two attached hydrogens (primary N) is 1. The first-order chi connectivity index (χ1) is 7.72. The molecule has 0 fully saturated rings. The molecule has 6 nitrogen and oxygen atoms in total. The van der Waals surface area contributed by atoms with Crippen molar-refractivity contribution in [3.8, 4) is 0 Å². The highest BCUT2D eigenvalue weighted by molar-refractivity contribution is 5.74. The number of amides is 1. The summed E-state index contributed by atoms with van der Waals surface area (Å²) >= 11 is 0. The molecule has 0 unspecified atom stereocenters. The van der Waals surface area contributed by atoms with Crippen LogP contribution in [0, 0.1) is 0 Å². The number of rotatable bonds is 7. The quantitative estimate of drug-likeness (QED) is 0.569. The first-order valence-electron chi connectivity index (χ1n) is 4.97. The smallest absolute Gasteiger partial charge is 0.243 e. The molecule has 88 valence electrons. The number of nitrogens with zero attached hydrogens (tertiary/aromatic N) is 1. The Kier molecular flexibility index (Phi) is 5.07. The molecule has 0 bridgehead atoms. The molecule has 16 heavy (non-hydrogen) atoms. The Hall–Kier alpha value is -1.82. The zero-order valence-corrected chi connectivity index (χ0v) is 9.19. The van der Waals surface area contributed by atoms with E-state index >= 15 is 0 Å². The Bertz CT molecular complexity index is 343. The van der Waals surface area contributed by atoms with Gasteiger partial charge in [-0.3, -0.25) is 4.79 Å². The standard InChI is InChI=1S/C10H16N4O2/c1-12-9-3-2-4-10(14-9)13-5-6-16-7-8(11)15/h2-4H,5-7H2,1H3,(H2,11,15)(H2,12,13,14). The van der Waals surface area contributed by atoms with Crippen LogP contribution in [0.3, 0.4) is 0 Å². The van der Waals surface area contributed by atoms with Gasteiger partial charge in [0.05, 0.1) is 6.61 Å². The fourth-order valence-corrected chi connectivity index (χ4v) is 1.10. The molecule has 0 spiro atoms. The topological polar surface area (TPSA) is 89.3 Å². The Morgan fingerprint density at radius 2 is 2.25 bits per heavy atom. The molecule has 1 rings (SSSR count). The van der Waals surface area contributed by atoms with E-state index in [0.717, 1.165) is 11.6 Å². The summed E-state index contributed by atoms with van der Waals surface area (Å²) in [7, 11) is 1.81. The van der Waals surface area contributed by atoms with Gasteiger partial charge in [0, 0.05) is 13.6 Å². The minimum absolute atomic E-state index is 0.0499. The number of aromatic nitrogens is 1. The molecule has 0 radical (unpaired) electrons. The minimum Gasteiger partial charge on any atom is -0.373 e. The zero-order chi connectivity index (χ0) is 11.8. The number of ether oxygens (including phenoxy) is 1. The van der Waals surface area contributed by atoms with Gasteiger partial charge < -0.3 is 21.1 Å². The van der Waals surface area contributed by atoms with Crippen molar-refractivity contribution in [1.29, 1.82) is 0 Å². The Morgan fingerprint density at radius 3 is 2.94 bits per heavy atom. The Labute approximate surface area is 94.2 Å². The molecule has 0 aromatic carbocycles. The predicted molar refractivity (Wildman–Crippen MR) is 62.3 cm³/mol. The summed E-state index contributed by atoms with van der Waals surface area (Å²) in [6.07, 6.45) is 0. The Morgan fingerprint density at radius 1 is 1.50 bits per heavy atom. The summed E-state index contributed by atoms with van der Waals surface area (Å²) in [5.74, 6) is 1.09. The summed E-state index contributed by atoms with van der Waals surface area (Å²) < 4.78 is 4.99. The van der Waals surface area contributed by atoms with Crippen molar-refractivity contribution in [2.75, 3.05) is 37.4 Å². The van der Waals surface area contributed by atoms with Crippen molar-refractivity contribution < 1.29 is 9.53 Å². The maximum absolute atomic E-state index is 10.4. The van der Waals surface area contributed by atoms with Gasteiger partial charge in [-0.1, -0.05) is 6.07 Å². The van der Waals surface area contributed by atoms with Gasteiger partial charge in [0.1, 0.15) is 18.2 Å². The number of carbonyl (C=O) groups excluding carboxylic acids is 1. The molecule has 1 aromatic heterocycles. The van der Waals surface area contributed by atoms with Crippen LogP contribution in [-0.4, -0.2) is 37.7 Å². The summed E-state index contributed by atoms with van der Waals surface area (Å²) in [4.78, 5) is 14.6. The van der Waals surface area contributed by atoms with Crippen LogP contribution in [0.4, 0.5) is 11.6 Å². The van der Waals surface area contributed by atoms with Gasteiger partial charge in [0.25, 0.3) is 0 Å². The molecular weight excluding hydrogens is 208 g/mol. The molecule has 1 aromatic rings. The van der Waals surface area contributed by atoms with Crippen molar-refractivity contribution in [1.82, 2.24) is 4.98 Å². The maximum atomic E-state index is 10.4. The van der Waals surface area contributed by atoms with E-state index in [9.17, 15) is 4.79 Å². The Balaban J connectivity index is 2.23. The summed E-state index contributed by atoms with van der Waals surface area (Å²) in [6.45, 7) is 0.938. The number of hydrogen-bond acceptors (Lipinski definition) is 5. The van der Waals surface area contributed by atoms with Gasteiger partial charge in [0.2, 0.25) is 5.91 Å². The summed E-state index contributed by atoms with van der Waals surface area (Å²) in [6, 6.07) is 5.62. The lowest BCUT2D eigenvalue weighted by molar-refractivity contribution is -0.122. The number of hydrogen-bond donors (Lipinski definition) is 3. The second-order valence-electron chi connectivity index (χ2n) is 3.10. The highest BCUT2D eigenvalue weighted by Crippen LogP contribution is 2.07. The minimum atomic E-state index is -0.463. The fraction of sp³-hybridized carbons (Fsp3) is 0.400. The van der Waals surface area contributed by atoms with E-state index in [1.54, 1.807) is 0 Å². The van der Waals surface area contributed by atoms with Gasteiger partial charge in [-0.15, -0.1) is 0 Å². The molecule has 6 heteroatoms. The third-order valence-electron chi connectivity index (χ3n) is 1.80. The summed E-state index contributed by atoms with van der Waals surface area (Å²) in [5.41, 5.74) is 4.92. The normalized spacial score (nSPS) is 9.81. The van der Waals surface area contributed by atoms with Crippen LogP contribution in [0.25, 0.3) is 0 Å². The van der Waals surface area contributed by atoms with Crippen molar-refractivity contribution >= 4 is 17.5 Å². The monoisotopic (exact) mass is 224 g/mol. The molecule has 1 amide bonds. The maximum Gasteiger partial charge on any atom is 0.243 e. The molecule has 4 N–H and O–H groups in total. The SMILES string of the molecule is CNc1cccc(NCCOCC(N)=O)n1. The van der Waals surface area contributed by atoms with Gasteiger partial charge in [0.15, 0.2) is 0 Å². The van der Waals surface area contributed by atoms with Crippen LogP contribution < -0.4 is 16.4 Å². The average Bonchev–Trinajstić information content (AvgIpc) is 2.28. The average molecular weight is 224 g/mol. The second kappa shape index (κ2) is 6.62. The van der Waals surface area contributed by atoms with Crippen LogP contribution in [-0.2, 0) is 9.53 Å². The lowest BCUT2D eigenvalue weighted by Crippen LogP contribution is -2.20. The molecule has 0 aliphatic carbocycles. The molecule has 0 aliphatic rings. The summed E-state index contributed by atoms with van der Waals surface area (Å²) in [5, 5.41) is 6.01. The van der Waals surface area contributed by atoms with Crippen molar-refractivity contribution in [2.45, 2.75) is 0 Å². The van der Waals surface area contributed by atoms with E-state index < -0.39 is 5.91 Å². The van der Waals surface area contributed by atoms with Gasteiger partial charge in [-0.05, 0) is 12.1 Å². The first kappa shape index (κ1) is 12.3. The number of carbonyl (C=O) groups is 1. The van der Waals surface area contributed by atoms with E-state index in [4.69, 9.17) is 10.5 Å². The van der Waals surface area contributed by atoms with Gasteiger partial charge in [-0.25, -0.2) is 4.98 Å². The van der Waals surface area contributed by atoms with E-state index in [2.05, 4.69) is 15.6 Å². The number of anilines is 2. The van der Waals surface area contributed by atoms with Gasteiger partial charge in [-0.2, -0.15) is 0 Å². The largest absolute Gasteiger partial charge is 0.373 e. The van der Waals surface area contributed by atoms with Crippen LogP contribution in [0.1, 0.15) is 0 Å². The number of pyridine rings is 1. The lowest BCUT2D eigenvalue weighted by atomic mass is 10.4. The number of nitrogens with one attached hydrogen (secondary N) is 2. The molecule has 0 saturated carbocycles. The lowest BCUT2D eigenvalue weighted by Gasteiger charge is -2.07. The van der Waals surface area contributed by atoms with Crippen molar-refractivity contribution in [3.63, 3.8) is 0 Å². The van der Waals surface area contributed by atoms with E-state index in [1.807, 2.05) is 25.2 Å². The third-order valence-corrected chi connectivity index (χ3v) is 1.80. The van der Waals surface area contributed by atoms with Gasteiger partial charge >= 0.3 is 0 Å². The molecule has 1 heterocycles. The molecule has 0 saturated heterocycles. The van der Waals surface area contributed by atoms with Crippen molar-refractivity contribution in [2.24, 2.45) is 5.73 Å². The van der Waals surface area contributed by atoms with Crippen LogP contribution in [0.15, 0.2) is 18.2 Å². The highest BCUT2D eigenvalue weighted by Gasteiger charge is 1.96. The van der Waals surface area contributed by atoms with Crippen LogP contribution >= 0.6 is 0 Å².